The van der Waals surface area contributed by atoms with E-state index < -0.39 is 46.9 Å². The number of ether oxygens (including phenoxy) is 2. The summed E-state index contributed by atoms with van der Waals surface area (Å²) in [5.74, 6) is -6.83. The van der Waals surface area contributed by atoms with Gasteiger partial charge >= 0.3 is 6.36 Å². The second kappa shape index (κ2) is 7.71. The molecule has 0 fully saturated rings. The number of halogens is 6. The van der Waals surface area contributed by atoms with Crippen molar-refractivity contribution in [2.24, 2.45) is 0 Å². The van der Waals surface area contributed by atoms with Gasteiger partial charge in [-0.25, -0.2) is 13.2 Å². The fraction of sp³-hybridized carbons (Fsp3) is 0.412. The van der Waals surface area contributed by atoms with E-state index in [1.54, 1.807) is 6.92 Å². The minimum Gasteiger partial charge on any atom is -0.508 e. The van der Waals surface area contributed by atoms with Gasteiger partial charge in [0.05, 0.1) is 6.61 Å². The number of benzene rings is 1. The molecule has 0 saturated carbocycles. The van der Waals surface area contributed by atoms with Crippen LogP contribution < -0.4 is 0 Å². The number of alkyl halides is 4. The van der Waals surface area contributed by atoms with Gasteiger partial charge in [-0.1, -0.05) is 25.5 Å². The SMILES string of the molecule is CCCCOC1(OC(F)(F)F)C=CC(c2cccc(F)c2F)=C(O)C1F. The Labute approximate surface area is 145 Å². The van der Waals surface area contributed by atoms with Crippen LogP contribution in [0.5, 0.6) is 0 Å². The Hall–Kier alpha value is -2.00. The topological polar surface area (TPSA) is 38.7 Å². The minimum absolute atomic E-state index is 0.270. The van der Waals surface area contributed by atoms with Crippen molar-refractivity contribution in [3.05, 3.63) is 53.3 Å². The molecule has 2 atom stereocenters. The van der Waals surface area contributed by atoms with Crippen molar-refractivity contribution in [3.8, 4) is 0 Å². The van der Waals surface area contributed by atoms with Crippen LogP contribution in [0.1, 0.15) is 25.3 Å². The number of allylic oxidation sites excluding steroid dienone is 2. The molecule has 144 valence electrons. The van der Waals surface area contributed by atoms with Crippen molar-refractivity contribution in [1.29, 1.82) is 0 Å². The van der Waals surface area contributed by atoms with Crippen LogP contribution in [0.2, 0.25) is 0 Å². The van der Waals surface area contributed by atoms with Crippen molar-refractivity contribution >= 4 is 5.57 Å². The van der Waals surface area contributed by atoms with E-state index in [9.17, 15) is 31.4 Å². The molecular formula is C17H16F6O3. The Bertz CT molecular complexity index is 713. The number of hydrogen-bond acceptors (Lipinski definition) is 3. The van der Waals surface area contributed by atoms with E-state index in [2.05, 4.69) is 4.74 Å². The monoisotopic (exact) mass is 382 g/mol. The third kappa shape index (κ3) is 4.21. The first-order chi connectivity index (χ1) is 12.1. The molecular weight excluding hydrogens is 366 g/mol. The molecule has 3 nitrogen and oxygen atoms in total. The van der Waals surface area contributed by atoms with Gasteiger partial charge in [0.1, 0.15) is 5.76 Å². The predicted molar refractivity (Wildman–Crippen MR) is 80.7 cm³/mol. The molecule has 0 aromatic heterocycles. The summed E-state index contributed by atoms with van der Waals surface area (Å²) in [5, 5.41) is 10.0. The number of aliphatic hydroxyl groups excluding tert-OH is 1. The highest BCUT2D eigenvalue weighted by Crippen LogP contribution is 2.41. The maximum absolute atomic E-state index is 14.7. The number of unbranched alkanes of at least 4 members (excludes halogenated alkanes) is 1. The Morgan fingerprint density at radius 2 is 1.92 bits per heavy atom. The van der Waals surface area contributed by atoms with E-state index in [-0.39, 0.29) is 6.61 Å². The summed E-state index contributed by atoms with van der Waals surface area (Å²) in [6, 6.07) is 2.97. The number of rotatable bonds is 6. The zero-order chi connectivity index (χ0) is 19.5. The smallest absolute Gasteiger partial charge is 0.508 e. The standard InChI is InChI=1S/C17H16F6O3/c1-2-3-9-25-16(26-17(21,22)23)8-7-11(14(24)15(16)20)10-5-4-6-12(18)13(10)19/h4-8,15,24H,2-3,9H2,1H3. The van der Waals surface area contributed by atoms with Crippen molar-refractivity contribution in [2.45, 2.75) is 38.1 Å². The molecule has 0 amide bonds. The second-order valence-corrected chi connectivity index (χ2v) is 5.57. The van der Waals surface area contributed by atoms with Gasteiger partial charge in [-0.3, -0.25) is 4.74 Å². The van der Waals surface area contributed by atoms with Crippen LogP contribution in [-0.2, 0) is 9.47 Å². The molecule has 2 unspecified atom stereocenters. The Morgan fingerprint density at radius 1 is 1.23 bits per heavy atom. The van der Waals surface area contributed by atoms with E-state index in [4.69, 9.17) is 4.74 Å². The van der Waals surface area contributed by atoms with Gasteiger partial charge in [-0.15, -0.1) is 13.2 Å². The molecule has 0 bridgehead atoms. The lowest BCUT2D eigenvalue weighted by atomic mass is 9.92. The number of aliphatic hydroxyl groups is 1. The maximum atomic E-state index is 14.7. The van der Waals surface area contributed by atoms with Crippen LogP contribution in [0.15, 0.2) is 36.1 Å². The third-order valence-corrected chi connectivity index (χ3v) is 3.69. The zero-order valence-corrected chi connectivity index (χ0v) is 13.6. The summed E-state index contributed by atoms with van der Waals surface area (Å²) < 4.78 is 88.8. The highest BCUT2D eigenvalue weighted by molar-refractivity contribution is 5.78. The maximum Gasteiger partial charge on any atom is 0.525 e. The molecule has 2 rings (SSSR count). The summed E-state index contributed by atoms with van der Waals surface area (Å²) in [7, 11) is 0. The molecule has 9 heteroatoms. The van der Waals surface area contributed by atoms with Crippen LogP contribution in [0.25, 0.3) is 5.57 Å². The van der Waals surface area contributed by atoms with E-state index in [1.807, 2.05) is 0 Å². The van der Waals surface area contributed by atoms with Gasteiger partial charge < -0.3 is 9.84 Å². The molecule has 0 saturated heterocycles. The molecule has 0 heterocycles. The lowest BCUT2D eigenvalue weighted by molar-refractivity contribution is -0.413. The summed E-state index contributed by atoms with van der Waals surface area (Å²) in [5.41, 5.74) is -1.01. The molecule has 1 aromatic rings. The van der Waals surface area contributed by atoms with E-state index in [0.717, 1.165) is 24.3 Å². The lowest BCUT2D eigenvalue weighted by Crippen LogP contribution is -2.49. The fourth-order valence-electron chi connectivity index (χ4n) is 2.43. The lowest BCUT2D eigenvalue weighted by Gasteiger charge is -2.36. The van der Waals surface area contributed by atoms with Gasteiger partial charge in [-0.2, -0.15) is 0 Å². The highest BCUT2D eigenvalue weighted by atomic mass is 19.4. The first-order valence-corrected chi connectivity index (χ1v) is 7.73. The quantitative estimate of drug-likeness (QED) is 0.418. The van der Waals surface area contributed by atoms with E-state index in [1.165, 1.54) is 0 Å². The largest absolute Gasteiger partial charge is 0.525 e. The summed E-state index contributed by atoms with van der Waals surface area (Å²) in [4.78, 5) is 0. The average molecular weight is 382 g/mol. The summed E-state index contributed by atoms with van der Waals surface area (Å²) >= 11 is 0. The van der Waals surface area contributed by atoms with Gasteiger partial charge in [0.2, 0.25) is 12.0 Å². The molecule has 0 spiro atoms. The van der Waals surface area contributed by atoms with Gasteiger partial charge in [-0.05, 0) is 24.6 Å². The molecule has 26 heavy (non-hydrogen) atoms. The zero-order valence-electron chi connectivity index (χ0n) is 13.6. The van der Waals surface area contributed by atoms with E-state index in [0.29, 0.717) is 18.9 Å². The highest BCUT2D eigenvalue weighted by Gasteiger charge is 2.52. The Morgan fingerprint density at radius 3 is 2.54 bits per heavy atom. The normalized spacial score (nSPS) is 23.6. The number of hydrogen-bond donors (Lipinski definition) is 1. The van der Waals surface area contributed by atoms with Crippen LogP contribution in [0.3, 0.4) is 0 Å². The van der Waals surface area contributed by atoms with Crippen molar-refractivity contribution in [1.82, 2.24) is 0 Å². The van der Waals surface area contributed by atoms with Crippen molar-refractivity contribution in [3.63, 3.8) is 0 Å². The first kappa shape index (κ1) is 20.3. The first-order valence-electron chi connectivity index (χ1n) is 7.73. The van der Waals surface area contributed by atoms with Gasteiger partial charge in [0.25, 0.3) is 0 Å². The minimum atomic E-state index is -5.26. The van der Waals surface area contributed by atoms with Crippen LogP contribution in [0.4, 0.5) is 26.3 Å². The summed E-state index contributed by atoms with van der Waals surface area (Å²) in [6.07, 6.45) is -5.78. The van der Waals surface area contributed by atoms with Crippen molar-refractivity contribution in [2.75, 3.05) is 6.61 Å². The molecule has 1 aromatic carbocycles. The van der Waals surface area contributed by atoms with Crippen LogP contribution >= 0.6 is 0 Å². The van der Waals surface area contributed by atoms with E-state index >= 15 is 0 Å². The Balaban J connectivity index is 2.43. The molecule has 0 radical (unpaired) electrons. The predicted octanol–water partition coefficient (Wildman–Crippen LogP) is 5.19. The van der Waals surface area contributed by atoms with Gasteiger partial charge in [0, 0.05) is 11.1 Å². The fourth-order valence-corrected chi connectivity index (χ4v) is 2.43. The molecule has 1 aliphatic carbocycles. The van der Waals surface area contributed by atoms with Crippen molar-refractivity contribution < 1.29 is 40.9 Å². The van der Waals surface area contributed by atoms with Crippen LogP contribution in [0, 0.1) is 11.6 Å². The molecule has 1 N–H and O–H groups in total. The molecule has 0 aliphatic heterocycles. The van der Waals surface area contributed by atoms with Gasteiger partial charge in [0.15, 0.2) is 11.6 Å². The Kier molecular flexibility index (Phi) is 6.02. The third-order valence-electron chi connectivity index (χ3n) is 3.69. The summed E-state index contributed by atoms with van der Waals surface area (Å²) in [6.45, 7) is 1.47. The average Bonchev–Trinajstić information content (AvgIpc) is 2.55. The molecule has 1 aliphatic rings. The van der Waals surface area contributed by atoms with Crippen LogP contribution in [-0.4, -0.2) is 30.0 Å². The second-order valence-electron chi connectivity index (χ2n) is 5.57.